The fourth-order valence-corrected chi connectivity index (χ4v) is 2.73. The van der Waals surface area contributed by atoms with Gasteiger partial charge in [-0.3, -0.25) is 4.79 Å². The van der Waals surface area contributed by atoms with Gasteiger partial charge in [-0.2, -0.15) is 5.48 Å². The summed E-state index contributed by atoms with van der Waals surface area (Å²) in [6.45, 7) is 6.88. The maximum atomic E-state index is 12.6. The Bertz CT molecular complexity index is 619. The summed E-state index contributed by atoms with van der Waals surface area (Å²) < 4.78 is 5.35. The van der Waals surface area contributed by atoms with Crippen LogP contribution in [0.25, 0.3) is 0 Å². The van der Waals surface area contributed by atoms with Gasteiger partial charge in [0.25, 0.3) is 0 Å². The number of Topliss-reactive ketones (excluding diaryl/α,β-unsaturated/α-hetero) is 1. The van der Waals surface area contributed by atoms with E-state index in [9.17, 15) is 9.90 Å². The van der Waals surface area contributed by atoms with Crippen LogP contribution in [-0.2, 0) is 4.74 Å². The van der Waals surface area contributed by atoms with E-state index < -0.39 is 6.23 Å². The summed E-state index contributed by atoms with van der Waals surface area (Å²) >= 11 is 0. The van der Waals surface area contributed by atoms with Gasteiger partial charge in [-0.05, 0) is 37.3 Å². The molecule has 2 rings (SSSR count). The fourth-order valence-electron chi connectivity index (χ4n) is 2.73. The smallest absolute Gasteiger partial charge is 0.169 e. The van der Waals surface area contributed by atoms with Crippen LogP contribution in [-0.4, -0.2) is 48.6 Å². The van der Waals surface area contributed by atoms with Crippen molar-refractivity contribution >= 4 is 11.5 Å². The van der Waals surface area contributed by atoms with Gasteiger partial charge in [0.05, 0.1) is 13.2 Å². The number of hydrogen-bond acceptors (Lipinski definition) is 6. The van der Waals surface area contributed by atoms with Crippen LogP contribution in [0.5, 0.6) is 0 Å². The number of nitrogens with zero attached hydrogens (tertiary/aromatic N) is 1. The quantitative estimate of drug-likeness (QED) is 0.304. The Hall–Kier alpha value is -1.99. The third kappa shape index (κ3) is 5.79. The van der Waals surface area contributed by atoms with Gasteiger partial charge in [0.1, 0.15) is 6.23 Å². The number of hydroxylamine groups is 1. The van der Waals surface area contributed by atoms with Crippen molar-refractivity contribution in [2.75, 3.05) is 31.2 Å². The molecule has 6 heteroatoms. The molecule has 0 radical (unpaired) electrons. The number of ether oxygens (including phenoxy) is 1. The van der Waals surface area contributed by atoms with Gasteiger partial charge in [-0.15, -0.1) is 0 Å². The molecule has 0 aliphatic carbocycles. The van der Waals surface area contributed by atoms with Gasteiger partial charge in [0, 0.05) is 30.3 Å². The van der Waals surface area contributed by atoms with Crippen molar-refractivity contribution in [3.05, 3.63) is 53.6 Å². The largest absolute Gasteiger partial charge is 0.378 e. The lowest BCUT2D eigenvalue weighted by Crippen LogP contribution is -2.36. The minimum Gasteiger partial charge on any atom is -0.378 e. The molecule has 2 unspecified atom stereocenters. The first-order valence-corrected chi connectivity index (χ1v) is 8.42. The molecule has 1 fully saturated rings. The number of benzene rings is 1. The lowest BCUT2D eigenvalue weighted by Gasteiger charge is -2.28. The first kappa shape index (κ1) is 19.3. The van der Waals surface area contributed by atoms with Crippen molar-refractivity contribution in [3.63, 3.8) is 0 Å². The van der Waals surface area contributed by atoms with E-state index in [1.54, 1.807) is 11.6 Å². The van der Waals surface area contributed by atoms with Gasteiger partial charge < -0.3 is 20.0 Å². The van der Waals surface area contributed by atoms with Crippen LogP contribution in [0.3, 0.4) is 0 Å². The molecular formula is C19H26N2O4. The highest BCUT2D eigenvalue weighted by atomic mass is 16.5. The average Bonchev–Trinajstić information content (AvgIpc) is 2.66. The van der Waals surface area contributed by atoms with Crippen LogP contribution in [0.2, 0.25) is 0 Å². The summed E-state index contributed by atoms with van der Waals surface area (Å²) in [6.07, 6.45) is 3.76. The summed E-state index contributed by atoms with van der Waals surface area (Å²) in [6, 6.07) is 7.68. The monoisotopic (exact) mass is 346 g/mol. The molecule has 3 N–H and O–H groups in total. The molecule has 2 atom stereocenters. The molecule has 0 amide bonds. The van der Waals surface area contributed by atoms with Crippen molar-refractivity contribution in [1.29, 1.82) is 0 Å². The summed E-state index contributed by atoms with van der Waals surface area (Å²) in [5, 5.41) is 17.8. The number of nitrogens with one attached hydrogen (secondary N) is 1. The number of aliphatic hydroxyl groups excluding tert-OH is 1. The van der Waals surface area contributed by atoms with Gasteiger partial charge in [0.15, 0.2) is 5.78 Å². The molecule has 1 aromatic rings. The van der Waals surface area contributed by atoms with E-state index in [0.29, 0.717) is 5.56 Å². The van der Waals surface area contributed by atoms with Crippen molar-refractivity contribution in [1.82, 2.24) is 5.48 Å². The summed E-state index contributed by atoms with van der Waals surface area (Å²) in [5.41, 5.74) is 4.33. The number of rotatable bonds is 7. The van der Waals surface area contributed by atoms with E-state index in [1.165, 1.54) is 6.08 Å². The molecule has 136 valence electrons. The van der Waals surface area contributed by atoms with Gasteiger partial charge in [-0.1, -0.05) is 24.6 Å². The first-order chi connectivity index (χ1) is 12.0. The van der Waals surface area contributed by atoms with Crippen molar-refractivity contribution in [2.24, 2.45) is 5.92 Å². The number of anilines is 1. The highest BCUT2D eigenvalue weighted by Crippen LogP contribution is 2.19. The second-order valence-corrected chi connectivity index (χ2v) is 6.14. The van der Waals surface area contributed by atoms with E-state index in [0.717, 1.165) is 37.6 Å². The predicted octanol–water partition coefficient (Wildman–Crippen LogP) is 2.14. The Kier molecular flexibility index (Phi) is 7.33. The second kappa shape index (κ2) is 9.48. The molecule has 0 saturated carbocycles. The minimum atomic E-state index is -1.12. The molecule has 0 bridgehead atoms. The van der Waals surface area contributed by atoms with E-state index in [1.807, 2.05) is 44.2 Å². The van der Waals surface area contributed by atoms with Gasteiger partial charge in [-0.25, -0.2) is 0 Å². The normalized spacial score (nSPS) is 18.4. The summed E-state index contributed by atoms with van der Waals surface area (Å²) in [7, 11) is 0. The third-order valence-corrected chi connectivity index (χ3v) is 4.13. The molecular weight excluding hydrogens is 320 g/mol. The summed E-state index contributed by atoms with van der Waals surface area (Å²) in [4.78, 5) is 14.8. The molecule has 1 saturated heterocycles. The Labute approximate surface area is 148 Å². The lowest BCUT2D eigenvalue weighted by molar-refractivity contribution is 0.0318. The maximum Gasteiger partial charge on any atom is 0.169 e. The topological polar surface area (TPSA) is 82.0 Å². The number of carbonyl (C=O) groups is 1. The van der Waals surface area contributed by atoms with E-state index in [2.05, 4.69) is 4.90 Å². The van der Waals surface area contributed by atoms with E-state index >= 15 is 0 Å². The highest BCUT2D eigenvalue weighted by Gasteiger charge is 2.15. The highest BCUT2D eigenvalue weighted by molar-refractivity contribution is 5.99. The van der Waals surface area contributed by atoms with Crippen LogP contribution in [0.4, 0.5) is 5.69 Å². The van der Waals surface area contributed by atoms with Crippen LogP contribution < -0.4 is 10.4 Å². The maximum absolute atomic E-state index is 12.6. The summed E-state index contributed by atoms with van der Waals surface area (Å²) in [5.74, 6) is -0.236. The van der Waals surface area contributed by atoms with Crippen LogP contribution in [0, 0.1) is 5.92 Å². The Morgan fingerprint density at radius 3 is 2.52 bits per heavy atom. The van der Waals surface area contributed by atoms with Gasteiger partial charge >= 0.3 is 0 Å². The van der Waals surface area contributed by atoms with Crippen LogP contribution in [0.15, 0.2) is 48.1 Å². The van der Waals surface area contributed by atoms with Crippen molar-refractivity contribution < 1.29 is 19.8 Å². The Morgan fingerprint density at radius 1 is 1.28 bits per heavy atom. The number of carbonyl (C=O) groups excluding carboxylic acids is 1. The molecule has 6 nitrogen and oxygen atoms in total. The Balaban J connectivity index is 2.00. The molecule has 1 aromatic carbocycles. The third-order valence-electron chi connectivity index (χ3n) is 4.13. The van der Waals surface area contributed by atoms with Crippen LogP contribution >= 0.6 is 0 Å². The standard InChI is InChI=1S/C19H26N2O4/c1-14(3-8-18(22)20-24)13-15(2)19(23)16-4-6-17(7-5-16)21-9-11-25-12-10-21/h3-8,13,15,18,20,22,24H,9-12H2,1-2H3/b8-3+,14-13+. The van der Waals surface area contributed by atoms with Crippen molar-refractivity contribution in [3.8, 4) is 0 Å². The average molecular weight is 346 g/mol. The van der Waals surface area contributed by atoms with Crippen molar-refractivity contribution in [2.45, 2.75) is 20.1 Å². The number of aliphatic hydroxyl groups is 1. The second-order valence-electron chi connectivity index (χ2n) is 6.14. The zero-order valence-electron chi connectivity index (χ0n) is 14.7. The number of hydrogen-bond donors (Lipinski definition) is 3. The minimum absolute atomic E-state index is 0.0436. The zero-order valence-corrected chi connectivity index (χ0v) is 14.7. The molecule has 1 aliphatic rings. The molecule has 1 aliphatic heterocycles. The fraction of sp³-hybridized carbons (Fsp3) is 0.421. The van der Waals surface area contributed by atoms with Crippen LogP contribution in [0.1, 0.15) is 24.2 Å². The molecule has 1 heterocycles. The SMILES string of the molecule is CC(/C=C/C(O)NO)=C\C(C)C(=O)c1ccc(N2CCOCC2)cc1. The first-order valence-electron chi connectivity index (χ1n) is 8.42. The number of morpholine rings is 1. The van der Waals surface area contributed by atoms with E-state index in [-0.39, 0.29) is 11.7 Å². The Morgan fingerprint density at radius 2 is 1.92 bits per heavy atom. The number of ketones is 1. The molecule has 25 heavy (non-hydrogen) atoms. The lowest BCUT2D eigenvalue weighted by atomic mass is 9.97. The van der Waals surface area contributed by atoms with Gasteiger partial charge in [0.2, 0.25) is 0 Å². The molecule has 0 spiro atoms. The zero-order chi connectivity index (χ0) is 18.2. The predicted molar refractivity (Wildman–Crippen MR) is 96.8 cm³/mol. The molecule has 0 aromatic heterocycles. The number of allylic oxidation sites excluding steroid dienone is 3. The van der Waals surface area contributed by atoms with E-state index in [4.69, 9.17) is 9.94 Å².